The van der Waals surface area contributed by atoms with E-state index in [9.17, 15) is 4.79 Å². The van der Waals surface area contributed by atoms with Gasteiger partial charge >= 0.3 is 0 Å². The number of nitrogens with one attached hydrogen (secondary N) is 1. The van der Waals surface area contributed by atoms with Crippen LogP contribution in [0.3, 0.4) is 0 Å². The fraction of sp³-hybridized carbons (Fsp3) is 0.200. The molecule has 1 heterocycles. The van der Waals surface area contributed by atoms with Gasteiger partial charge in [0.2, 0.25) is 0 Å². The lowest BCUT2D eigenvalue weighted by atomic mass is 10.2. The molecule has 3 rings (SSSR count). The van der Waals surface area contributed by atoms with Crippen molar-refractivity contribution in [3.63, 3.8) is 0 Å². The number of anilines is 1. The summed E-state index contributed by atoms with van der Waals surface area (Å²) in [6, 6.07) is 9.28. The number of hydrogen-bond acceptors (Lipinski definition) is 3. The van der Waals surface area contributed by atoms with Crippen molar-refractivity contribution in [1.29, 1.82) is 0 Å². The summed E-state index contributed by atoms with van der Waals surface area (Å²) in [5.74, 6) is -0.138. The van der Waals surface area contributed by atoms with E-state index in [1.165, 1.54) is 0 Å². The van der Waals surface area contributed by atoms with E-state index in [0.29, 0.717) is 11.4 Å². The smallest absolute Gasteiger partial charge is 0.272 e. The summed E-state index contributed by atoms with van der Waals surface area (Å²) in [4.78, 5) is 12.1. The number of hydrogen-bond donors (Lipinski definition) is 2. The molecule has 1 amide bonds. The zero-order valence-electron chi connectivity index (χ0n) is 11.0. The molecule has 0 spiro atoms. The van der Waals surface area contributed by atoms with Crippen molar-refractivity contribution in [2.45, 2.75) is 18.9 Å². The van der Waals surface area contributed by atoms with E-state index in [-0.39, 0.29) is 11.9 Å². The van der Waals surface area contributed by atoms with Crippen LogP contribution in [0.2, 0.25) is 0 Å². The molecule has 3 N–H and O–H groups in total. The molecule has 102 valence electrons. The van der Waals surface area contributed by atoms with Gasteiger partial charge < -0.3 is 11.1 Å². The lowest BCUT2D eigenvalue weighted by molar-refractivity contribution is 0.0933. The number of benzene rings is 1. The topological polar surface area (TPSA) is 72.9 Å². The van der Waals surface area contributed by atoms with Crippen molar-refractivity contribution in [2.75, 3.05) is 5.73 Å². The molecule has 0 radical (unpaired) electrons. The first-order valence-electron chi connectivity index (χ1n) is 6.60. The van der Waals surface area contributed by atoms with Crippen molar-refractivity contribution >= 4 is 11.6 Å². The predicted molar refractivity (Wildman–Crippen MR) is 77.6 cm³/mol. The first-order chi connectivity index (χ1) is 9.72. The first-order valence-corrected chi connectivity index (χ1v) is 6.60. The van der Waals surface area contributed by atoms with Gasteiger partial charge in [-0.25, -0.2) is 4.68 Å². The molecule has 1 aliphatic rings. The Morgan fingerprint density at radius 3 is 2.85 bits per heavy atom. The van der Waals surface area contributed by atoms with Gasteiger partial charge in [0.05, 0.1) is 5.69 Å². The maximum atomic E-state index is 12.1. The van der Waals surface area contributed by atoms with Crippen LogP contribution in [0.25, 0.3) is 5.69 Å². The van der Waals surface area contributed by atoms with Crippen LogP contribution in [0.15, 0.2) is 48.7 Å². The second kappa shape index (κ2) is 5.21. The molecule has 0 saturated carbocycles. The summed E-state index contributed by atoms with van der Waals surface area (Å²) < 4.78 is 1.65. The molecule has 20 heavy (non-hydrogen) atoms. The monoisotopic (exact) mass is 268 g/mol. The molecule has 5 nitrogen and oxygen atoms in total. The molecule has 0 aliphatic heterocycles. The van der Waals surface area contributed by atoms with Gasteiger partial charge in [0.15, 0.2) is 5.69 Å². The highest BCUT2D eigenvalue weighted by molar-refractivity contribution is 5.92. The number of carbonyl (C=O) groups excluding carboxylic acids is 1. The van der Waals surface area contributed by atoms with E-state index >= 15 is 0 Å². The number of rotatable bonds is 3. The van der Waals surface area contributed by atoms with Crippen LogP contribution in [-0.4, -0.2) is 21.7 Å². The maximum absolute atomic E-state index is 12.1. The highest BCUT2D eigenvalue weighted by Crippen LogP contribution is 2.13. The molecule has 1 aromatic carbocycles. The van der Waals surface area contributed by atoms with Crippen LogP contribution >= 0.6 is 0 Å². The molecular weight excluding hydrogens is 252 g/mol. The summed E-state index contributed by atoms with van der Waals surface area (Å²) in [6.07, 6.45) is 7.70. The standard InChI is InChI=1S/C15H16N4O/c16-11-4-3-7-13(10-11)19-9-8-14(18-19)15(20)17-12-5-1-2-6-12/h1-4,7-10,12H,5-6,16H2,(H,17,20). The fourth-order valence-corrected chi connectivity index (χ4v) is 2.25. The number of nitrogens with zero attached hydrogens (tertiary/aromatic N) is 2. The predicted octanol–water partition coefficient (Wildman–Crippen LogP) is 1.90. The van der Waals surface area contributed by atoms with Gasteiger partial charge in [0.25, 0.3) is 5.91 Å². The number of aromatic nitrogens is 2. The Bertz CT molecular complexity index is 651. The average molecular weight is 268 g/mol. The Morgan fingerprint density at radius 1 is 1.30 bits per heavy atom. The third-order valence-electron chi connectivity index (χ3n) is 3.30. The van der Waals surface area contributed by atoms with E-state index in [1.54, 1.807) is 16.9 Å². The Hall–Kier alpha value is -2.56. The number of amides is 1. The first kappa shape index (κ1) is 12.5. The minimum Gasteiger partial charge on any atom is -0.399 e. The van der Waals surface area contributed by atoms with Gasteiger partial charge in [-0.2, -0.15) is 5.10 Å². The van der Waals surface area contributed by atoms with Crippen LogP contribution in [0.4, 0.5) is 5.69 Å². The zero-order valence-corrected chi connectivity index (χ0v) is 11.0. The highest BCUT2D eigenvalue weighted by Gasteiger charge is 2.16. The number of carbonyl (C=O) groups is 1. The van der Waals surface area contributed by atoms with Gasteiger partial charge in [0, 0.05) is 17.9 Å². The summed E-state index contributed by atoms with van der Waals surface area (Å²) >= 11 is 0. The molecule has 5 heteroatoms. The second-order valence-corrected chi connectivity index (χ2v) is 4.85. The van der Waals surface area contributed by atoms with E-state index in [4.69, 9.17) is 5.73 Å². The summed E-state index contributed by atoms with van der Waals surface area (Å²) in [6.45, 7) is 0. The largest absolute Gasteiger partial charge is 0.399 e. The quantitative estimate of drug-likeness (QED) is 0.659. The maximum Gasteiger partial charge on any atom is 0.272 e. The van der Waals surface area contributed by atoms with Gasteiger partial charge in [-0.05, 0) is 37.1 Å². The van der Waals surface area contributed by atoms with E-state index < -0.39 is 0 Å². The summed E-state index contributed by atoms with van der Waals surface area (Å²) in [7, 11) is 0. The lowest BCUT2D eigenvalue weighted by Crippen LogP contribution is -2.33. The van der Waals surface area contributed by atoms with Gasteiger partial charge in [-0.15, -0.1) is 0 Å². The molecule has 0 fully saturated rings. The van der Waals surface area contributed by atoms with Crippen LogP contribution in [0, 0.1) is 0 Å². The van der Waals surface area contributed by atoms with Crippen molar-refractivity contribution in [2.24, 2.45) is 0 Å². The fourth-order valence-electron chi connectivity index (χ4n) is 2.25. The summed E-state index contributed by atoms with van der Waals surface area (Å²) in [5.41, 5.74) is 7.67. The third kappa shape index (κ3) is 2.56. The molecule has 0 unspecified atom stereocenters. The van der Waals surface area contributed by atoms with Crippen molar-refractivity contribution in [3.8, 4) is 5.69 Å². The lowest BCUT2D eigenvalue weighted by Gasteiger charge is -2.10. The number of nitrogens with two attached hydrogens (primary N) is 1. The highest BCUT2D eigenvalue weighted by atomic mass is 16.2. The SMILES string of the molecule is Nc1cccc(-n2ccc(C(=O)NC3CC=CC3)n2)c1. The molecule has 0 saturated heterocycles. The van der Waals surface area contributed by atoms with Crippen molar-refractivity contribution in [1.82, 2.24) is 15.1 Å². The average Bonchev–Trinajstić information content (AvgIpc) is 3.09. The Morgan fingerprint density at radius 2 is 2.10 bits per heavy atom. The molecule has 2 aromatic rings. The molecule has 1 aliphatic carbocycles. The minimum absolute atomic E-state index is 0.138. The van der Waals surface area contributed by atoms with Crippen molar-refractivity contribution < 1.29 is 4.79 Å². The third-order valence-corrected chi connectivity index (χ3v) is 3.30. The molecule has 1 aromatic heterocycles. The van der Waals surface area contributed by atoms with E-state index in [0.717, 1.165) is 18.5 Å². The van der Waals surface area contributed by atoms with Crippen molar-refractivity contribution in [3.05, 3.63) is 54.4 Å². The molecular formula is C15H16N4O. The van der Waals surface area contributed by atoms with Crippen LogP contribution in [-0.2, 0) is 0 Å². The van der Waals surface area contributed by atoms with Crippen LogP contribution in [0.1, 0.15) is 23.3 Å². The zero-order chi connectivity index (χ0) is 13.9. The second-order valence-electron chi connectivity index (χ2n) is 4.85. The van der Waals surface area contributed by atoms with Crippen LogP contribution < -0.4 is 11.1 Å². The van der Waals surface area contributed by atoms with E-state index in [1.807, 2.05) is 24.3 Å². The normalized spacial score (nSPS) is 14.6. The van der Waals surface area contributed by atoms with Gasteiger partial charge in [-0.1, -0.05) is 18.2 Å². The number of nitrogen functional groups attached to an aromatic ring is 1. The Labute approximate surface area is 117 Å². The molecule has 0 bridgehead atoms. The minimum atomic E-state index is -0.138. The van der Waals surface area contributed by atoms with Gasteiger partial charge in [0.1, 0.15) is 0 Å². The van der Waals surface area contributed by atoms with E-state index in [2.05, 4.69) is 22.6 Å². The molecule has 0 atom stereocenters. The summed E-state index contributed by atoms with van der Waals surface area (Å²) in [5, 5.41) is 7.26. The Balaban J connectivity index is 1.74. The van der Waals surface area contributed by atoms with Gasteiger partial charge in [-0.3, -0.25) is 4.79 Å². The van der Waals surface area contributed by atoms with Crippen LogP contribution in [0.5, 0.6) is 0 Å². The Kier molecular flexibility index (Phi) is 3.25.